The van der Waals surface area contributed by atoms with Crippen LogP contribution in [0.1, 0.15) is 56.8 Å². The van der Waals surface area contributed by atoms with Crippen LogP contribution < -0.4 is 5.73 Å². The minimum atomic E-state index is 0.208. The van der Waals surface area contributed by atoms with Crippen molar-refractivity contribution in [2.75, 3.05) is 7.05 Å². The van der Waals surface area contributed by atoms with Crippen molar-refractivity contribution in [1.29, 1.82) is 0 Å². The highest BCUT2D eigenvalue weighted by atomic mass is 15.2. The van der Waals surface area contributed by atoms with E-state index in [9.17, 15) is 0 Å². The van der Waals surface area contributed by atoms with Crippen LogP contribution in [0.2, 0.25) is 0 Å². The van der Waals surface area contributed by atoms with Gasteiger partial charge in [-0.2, -0.15) is 0 Å². The Labute approximate surface area is 111 Å². The second kappa shape index (κ2) is 5.41. The molecule has 2 N–H and O–H groups in total. The van der Waals surface area contributed by atoms with Crippen molar-refractivity contribution in [1.82, 2.24) is 4.90 Å². The van der Waals surface area contributed by atoms with Gasteiger partial charge in [-0.3, -0.25) is 4.90 Å². The van der Waals surface area contributed by atoms with Gasteiger partial charge in [0, 0.05) is 18.1 Å². The molecule has 0 fully saturated rings. The molecular weight excluding hydrogens is 220 g/mol. The van der Waals surface area contributed by atoms with Gasteiger partial charge in [0.1, 0.15) is 0 Å². The van der Waals surface area contributed by atoms with Crippen molar-refractivity contribution >= 4 is 0 Å². The summed E-state index contributed by atoms with van der Waals surface area (Å²) in [5, 5.41) is 0. The summed E-state index contributed by atoms with van der Waals surface area (Å²) in [6.45, 7) is 6.91. The smallest absolute Gasteiger partial charge is 0.0369 e. The number of hydrogen-bond donors (Lipinski definition) is 1. The van der Waals surface area contributed by atoms with Crippen molar-refractivity contribution in [2.24, 2.45) is 11.7 Å². The Morgan fingerprint density at radius 1 is 1.22 bits per heavy atom. The Morgan fingerprint density at radius 3 is 2.44 bits per heavy atom. The standard InChI is InChI=1S/C16H26N2/c1-11(2)9-12(3)18(4)16-10-15(17)13-7-5-6-8-14(13)16/h5-8,11-12,15-16H,9-10,17H2,1-4H3. The van der Waals surface area contributed by atoms with Crippen LogP contribution in [-0.2, 0) is 0 Å². The summed E-state index contributed by atoms with van der Waals surface area (Å²) >= 11 is 0. The van der Waals surface area contributed by atoms with Gasteiger partial charge in [-0.15, -0.1) is 0 Å². The van der Waals surface area contributed by atoms with Crippen LogP contribution in [0.3, 0.4) is 0 Å². The van der Waals surface area contributed by atoms with Gasteiger partial charge in [0.2, 0.25) is 0 Å². The number of nitrogens with zero attached hydrogens (tertiary/aromatic N) is 1. The molecule has 2 heteroatoms. The Balaban J connectivity index is 2.16. The summed E-state index contributed by atoms with van der Waals surface area (Å²) in [5.74, 6) is 0.743. The van der Waals surface area contributed by atoms with Crippen LogP contribution in [0.15, 0.2) is 24.3 Å². The maximum atomic E-state index is 6.25. The number of rotatable bonds is 4. The van der Waals surface area contributed by atoms with Crippen LogP contribution in [0.25, 0.3) is 0 Å². The quantitative estimate of drug-likeness (QED) is 0.881. The van der Waals surface area contributed by atoms with E-state index in [1.165, 1.54) is 17.5 Å². The molecular formula is C16H26N2. The van der Waals surface area contributed by atoms with Gasteiger partial charge in [-0.05, 0) is 43.9 Å². The molecule has 1 aliphatic carbocycles. The minimum absolute atomic E-state index is 0.208. The average Bonchev–Trinajstić information content (AvgIpc) is 2.66. The number of nitrogens with two attached hydrogens (primary N) is 1. The molecule has 1 aromatic rings. The van der Waals surface area contributed by atoms with Crippen LogP contribution >= 0.6 is 0 Å². The predicted octanol–water partition coefficient (Wildman–Crippen LogP) is 3.50. The topological polar surface area (TPSA) is 29.3 Å². The lowest BCUT2D eigenvalue weighted by Crippen LogP contribution is -2.33. The van der Waals surface area contributed by atoms with Gasteiger partial charge in [0.25, 0.3) is 0 Å². The highest BCUT2D eigenvalue weighted by molar-refractivity contribution is 5.37. The van der Waals surface area contributed by atoms with Crippen molar-refractivity contribution < 1.29 is 0 Å². The molecule has 0 bridgehead atoms. The molecule has 3 atom stereocenters. The molecule has 1 aliphatic rings. The van der Waals surface area contributed by atoms with Gasteiger partial charge in [0.05, 0.1) is 0 Å². The molecule has 18 heavy (non-hydrogen) atoms. The van der Waals surface area contributed by atoms with E-state index >= 15 is 0 Å². The van der Waals surface area contributed by atoms with E-state index in [1.54, 1.807) is 0 Å². The first kappa shape index (κ1) is 13.6. The maximum Gasteiger partial charge on any atom is 0.0369 e. The lowest BCUT2D eigenvalue weighted by molar-refractivity contribution is 0.161. The summed E-state index contributed by atoms with van der Waals surface area (Å²) in [7, 11) is 2.24. The fourth-order valence-electron chi connectivity index (χ4n) is 3.19. The average molecular weight is 246 g/mol. The molecule has 0 aromatic heterocycles. The predicted molar refractivity (Wildman–Crippen MR) is 77.4 cm³/mol. The third-order valence-electron chi connectivity index (χ3n) is 4.23. The first-order valence-corrected chi connectivity index (χ1v) is 7.07. The van der Waals surface area contributed by atoms with Gasteiger partial charge < -0.3 is 5.73 Å². The van der Waals surface area contributed by atoms with Crippen LogP contribution in [0.4, 0.5) is 0 Å². The zero-order valence-electron chi connectivity index (χ0n) is 12.1. The van der Waals surface area contributed by atoms with Crippen molar-refractivity contribution in [3.8, 4) is 0 Å². The SMILES string of the molecule is CC(C)CC(C)N(C)C1CC(N)c2ccccc21. The second-order valence-corrected chi connectivity index (χ2v) is 6.13. The molecule has 2 rings (SSSR count). The highest BCUT2D eigenvalue weighted by Crippen LogP contribution is 2.41. The Kier molecular flexibility index (Phi) is 4.08. The molecule has 3 unspecified atom stereocenters. The molecule has 100 valence electrons. The summed E-state index contributed by atoms with van der Waals surface area (Å²) in [4.78, 5) is 2.51. The third-order valence-corrected chi connectivity index (χ3v) is 4.23. The Bertz CT molecular complexity index is 400. The van der Waals surface area contributed by atoms with Gasteiger partial charge in [0.15, 0.2) is 0 Å². The molecule has 0 aliphatic heterocycles. The molecule has 1 aromatic carbocycles. The molecule has 0 amide bonds. The zero-order chi connectivity index (χ0) is 13.3. The van der Waals surface area contributed by atoms with Crippen molar-refractivity contribution in [3.63, 3.8) is 0 Å². The fraction of sp³-hybridized carbons (Fsp3) is 0.625. The third kappa shape index (κ3) is 2.60. The Morgan fingerprint density at radius 2 is 1.83 bits per heavy atom. The van der Waals surface area contributed by atoms with Gasteiger partial charge in [-0.25, -0.2) is 0 Å². The van der Waals surface area contributed by atoms with E-state index in [4.69, 9.17) is 5.73 Å². The minimum Gasteiger partial charge on any atom is -0.324 e. The largest absolute Gasteiger partial charge is 0.324 e. The highest BCUT2D eigenvalue weighted by Gasteiger charge is 2.32. The molecule has 0 spiro atoms. The number of benzene rings is 1. The zero-order valence-corrected chi connectivity index (χ0v) is 12.1. The van der Waals surface area contributed by atoms with E-state index in [-0.39, 0.29) is 6.04 Å². The molecule has 0 heterocycles. The molecule has 0 radical (unpaired) electrons. The van der Waals surface area contributed by atoms with Crippen molar-refractivity contribution in [2.45, 2.75) is 51.7 Å². The summed E-state index contributed by atoms with van der Waals surface area (Å²) < 4.78 is 0. The van der Waals surface area contributed by atoms with Crippen LogP contribution in [-0.4, -0.2) is 18.0 Å². The number of fused-ring (bicyclic) bond motifs is 1. The van der Waals surface area contributed by atoms with E-state index in [0.717, 1.165) is 12.3 Å². The van der Waals surface area contributed by atoms with E-state index in [1.807, 2.05) is 0 Å². The molecule has 0 saturated carbocycles. The second-order valence-electron chi connectivity index (χ2n) is 6.13. The lowest BCUT2D eigenvalue weighted by Gasteiger charge is -2.32. The molecule has 0 saturated heterocycles. The van der Waals surface area contributed by atoms with Crippen molar-refractivity contribution in [3.05, 3.63) is 35.4 Å². The maximum absolute atomic E-state index is 6.25. The van der Waals surface area contributed by atoms with Crippen LogP contribution in [0, 0.1) is 5.92 Å². The summed E-state index contributed by atoms with van der Waals surface area (Å²) in [5.41, 5.74) is 9.02. The van der Waals surface area contributed by atoms with Gasteiger partial charge in [-0.1, -0.05) is 38.1 Å². The first-order chi connectivity index (χ1) is 8.50. The fourth-order valence-corrected chi connectivity index (χ4v) is 3.19. The van der Waals surface area contributed by atoms with E-state index in [0.29, 0.717) is 12.1 Å². The van der Waals surface area contributed by atoms with Gasteiger partial charge >= 0.3 is 0 Å². The lowest BCUT2D eigenvalue weighted by atomic mass is 10.0. The first-order valence-electron chi connectivity index (χ1n) is 7.07. The van der Waals surface area contributed by atoms with Crippen LogP contribution in [0.5, 0.6) is 0 Å². The normalized spacial score (nSPS) is 24.6. The summed E-state index contributed by atoms with van der Waals surface area (Å²) in [6, 6.07) is 9.95. The Hall–Kier alpha value is -0.860. The van der Waals surface area contributed by atoms with E-state index in [2.05, 4.69) is 57.0 Å². The monoisotopic (exact) mass is 246 g/mol. The van der Waals surface area contributed by atoms with E-state index < -0.39 is 0 Å². The molecule has 2 nitrogen and oxygen atoms in total. The summed E-state index contributed by atoms with van der Waals surface area (Å²) in [6.07, 6.45) is 2.29. The number of hydrogen-bond acceptors (Lipinski definition) is 2.